The Hall–Kier alpha value is -2.11. The molecule has 0 saturated heterocycles. The molecule has 0 aliphatic carbocycles. The highest BCUT2D eigenvalue weighted by Gasteiger charge is 2.05. The third kappa shape index (κ3) is 7.61. The predicted octanol–water partition coefficient (Wildman–Crippen LogP) is 0.904. The van der Waals surface area contributed by atoms with E-state index in [0.717, 1.165) is 25.2 Å². The number of aromatic nitrogens is 1. The van der Waals surface area contributed by atoms with Gasteiger partial charge >= 0.3 is 0 Å². The standard InChI is InChI=1S/C16H27N5O/c1-13(2)11-19-16(20-12-15(22)21(3)4)18-10-8-14-7-5-6-9-17-14/h5-7,9,13H,8,10-12H2,1-4H3,(H2,18,19,20). The van der Waals surface area contributed by atoms with Gasteiger partial charge in [-0.3, -0.25) is 9.78 Å². The number of rotatable bonds is 7. The van der Waals surface area contributed by atoms with Gasteiger partial charge in [0.1, 0.15) is 6.54 Å². The highest BCUT2D eigenvalue weighted by atomic mass is 16.2. The molecule has 1 aromatic heterocycles. The molecule has 6 heteroatoms. The molecule has 0 aromatic carbocycles. The maximum atomic E-state index is 11.6. The van der Waals surface area contributed by atoms with Crippen molar-refractivity contribution in [3.8, 4) is 0 Å². The number of hydrogen-bond donors (Lipinski definition) is 2. The van der Waals surface area contributed by atoms with Gasteiger partial charge in [0, 0.05) is 45.5 Å². The molecule has 0 unspecified atom stereocenters. The first-order valence-corrected chi connectivity index (χ1v) is 7.61. The van der Waals surface area contributed by atoms with Crippen LogP contribution in [0, 0.1) is 5.92 Å². The summed E-state index contributed by atoms with van der Waals surface area (Å²) in [5, 5.41) is 6.49. The van der Waals surface area contributed by atoms with Crippen LogP contribution in [0.1, 0.15) is 19.5 Å². The van der Waals surface area contributed by atoms with Crippen molar-refractivity contribution in [1.29, 1.82) is 0 Å². The largest absolute Gasteiger partial charge is 0.356 e. The molecular formula is C16H27N5O. The van der Waals surface area contributed by atoms with Crippen LogP contribution in [0.15, 0.2) is 29.4 Å². The Bertz CT molecular complexity index is 471. The van der Waals surface area contributed by atoms with Gasteiger partial charge in [0.2, 0.25) is 5.91 Å². The molecule has 0 spiro atoms. The Morgan fingerprint density at radius 3 is 2.68 bits per heavy atom. The van der Waals surface area contributed by atoms with Crippen LogP contribution in [0.25, 0.3) is 0 Å². The summed E-state index contributed by atoms with van der Waals surface area (Å²) in [5.41, 5.74) is 1.03. The molecule has 0 bridgehead atoms. The van der Waals surface area contributed by atoms with E-state index in [1.807, 2.05) is 18.2 Å². The first kappa shape index (κ1) is 17.9. The Kier molecular flexibility index (Phi) is 7.96. The fourth-order valence-electron chi connectivity index (χ4n) is 1.62. The van der Waals surface area contributed by atoms with Gasteiger partial charge in [-0.15, -0.1) is 0 Å². The van der Waals surface area contributed by atoms with Crippen LogP contribution in [0.4, 0.5) is 0 Å². The molecule has 0 radical (unpaired) electrons. The maximum absolute atomic E-state index is 11.6. The molecule has 0 aliphatic rings. The van der Waals surface area contributed by atoms with Gasteiger partial charge < -0.3 is 15.5 Å². The van der Waals surface area contributed by atoms with Crippen molar-refractivity contribution in [1.82, 2.24) is 20.5 Å². The smallest absolute Gasteiger partial charge is 0.243 e. The van der Waals surface area contributed by atoms with Crippen molar-refractivity contribution in [3.05, 3.63) is 30.1 Å². The highest BCUT2D eigenvalue weighted by molar-refractivity contribution is 5.84. The summed E-state index contributed by atoms with van der Waals surface area (Å²) >= 11 is 0. The molecule has 0 aliphatic heterocycles. The second kappa shape index (κ2) is 9.76. The number of aliphatic imine (C=N–C) groups is 1. The zero-order valence-corrected chi connectivity index (χ0v) is 14.0. The Labute approximate surface area is 133 Å². The predicted molar refractivity (Wildman–Crippen MR) is 89.8 cm³/mol. The fourth-order valence-corrected chi connectivity index (χ4v) is 1.62. The Morgan fingerprint density at radius 2 is 2.09 bits per heavy atom. The van der Waals surface area contributed by atoms with Crippen LogP contribution in [0.3, 0.4) is 0 Å². The first-order chi connectivity index (χ1) is 10.5. The van der Waals surface area contributed by atoms with Crippen LogP contribution in [0.5, 0.6) is 0 Å². The van der Waals surface area contributed by atoms with Crippen LogP contribution < -0.4 is 10.6 Å². The van der Waals surface area contributed by atoms with Crippen LogP contribution in [0.2, 0.25) is 0 Å². The van der Waals surface area contributed by atoms with E-state index in [2.05, 4.69) is 34.5 Å². The van der Waals surface area contributed by atoms with E-state index in [-0.39, 0.29) is 12.5 Å². The highest BCUT2D eigenvalue weighted by Crippen LogP contribution is 1.93. The van der Waals surface area contributed by atoms with Crippen molar-refractivity contribution in [3.63, 3.8) is 0 Å². The number of pyridine rings is 1. The molecule has 0 saturated carbocycles. The topological polar surface area (TPSA) is 69.6 Å². The van der Waals surface area contributed by atoms with E-state index in [1.165, 1.54) is 4.90 Å². The van der Waals surface area contributed by atoms with Crippen molar-refractivity contribution in [2.45, 2.75) is 20.3 Å². The zero-order chi connectivity index (χ0) is 16.4. The van der Waals surface area contributed by atoms with Crippen molar-refractivity contribution in [2.75, 3.05) is 33.7 Å². The fraction of sp³-hybridized carbons (Fsp3) is 0.562. The molecule has 6 nitrogen and oxygen atoms in total. The maximum Gasteiger partial charge on any atom is 0.243 e. The van der Waals surface area contributed by atoms with Gasteiger partial charge in [-0.25, -0.2) is 4.99 Å². The van der Waals surface area contributed by atoms with Gasteiger partial charge in [-0.05, 0) is 18.1 Å². The Morgan fingerprint density at radius 1 is 1.32 bits per heavy atom. The lowest BCUT2D eigenvalue weighted by molar-refractivity contribution is -0.127. The number of carbonyl (C=O) groups excluding carboxylic acids is 1. The first-order valence-electron chi connectivity index (χ1n) is 7.61. The lowest BCUT2D eigenvalue weighted by Gasteiger charge is -2.15. The molecular weight excluding hydrogens is 278 g/mol. The van der Waals surface area contributed by atoms with Gasteiger partial charge in [0.05, 0.1) is 0 Å². The van der Waals surface area contributed by atoms with Crippen molar-refractivity contribution in [2.24, 2.45) is 10.9 Å². The molecule has 22 heavy (non-hydrogen) atoms. The summed E-state index contributed by atoms with van der Waals surface area (Å²) in [6.07, 6.45) is 2.60. The van der Waals surface area contributed by atoms with E-state index < -0.39 is 0 Å². The number of guanidine groups is 1. The Balaban J connectivity index is 2.50. The number of carbonyl (C=O) groups is 1. The van der Waals surface area contributed by atoms with Gasteiger partial charge in [-0.1, -0.05) is 19.9 Å². The normalized spacial score (nSPS) is 11.4. The average Bonchev–Trinajstić information content (AvgIpc) is 2.49. The summed E-state index contributed by atoms with van der Waals surface area (Å²) in [6, 6.07) is 5.88. The quantitative estimate of drug-likeness (QED) is 0.580. The average molecular weight is 305 g/mol. The summed E-state index contributed by atoms with van der Waals surface area (Å²) < 4.78 is 0. The van der Waals surface area contributed by atoms with Gasteiger partial charge in [-0.2, -0.15) is 0 Å². The molecule has 122 valence electrons. The molecule has 1 aromatic rings. The van der Waals surface area contributed by atoms with E-state index in [1.54, 1.807) is 20.3 Å². The van der Waals surface area contributed by atoms with Crippen molar-refractivity contribution >= 4 is 11.9 Å². The number of nitrogens with one attached hydrogen (secondary N) is 2. The number of nitrogens with zero attached hydrogens (tertiary/aromatic N) is 3. The lowest BCUT2D eigenvalue weighted by atomic mass is 10.2. The van der Waals surface area contributed by atoms with Crippen molar-refractivity contribution < 1.29 is 4.79 Å². The molecule has 1 rings (SSSR count). The lowest BCUT2D eigenvalue weighted by Crippen LogP contribution is -2.41. The summed E-state index contributed by atoms with van der Waals surface area (Å²) in [5.74, 6) is 1.16. The van der Waals surface area contributed by atoms with Gasteiger partial charge in [0.15, 0.2) is 5.96 Å². The van der Waals surface area contributed by atoms with Crippen LogP contribution >= 0.6 is 0 Å². The third-order valence-corrected chi connectivity index (χ3v) is 2.95. The second-order valence-corrected chi connectivity index (χ2v) is 5.73. The van der Waals surface area contributed by atoms with Crippen LogP contribution in [-0.4, -0.2) is 55.5 Å². The molecule has 1 amide bonds. The molecule has 0 fully saturated rings. The second-order valence-electron chi connectivity index (χ2n) is 5.73. The summed E-state index contributed by atoms with van der Waals surface area (Å²) in [6.45, 7) is 5.93. The number of likely N-dealkylation sites (N-methyl/N-ethyl adjacent to an activating group) is 1. The minimum Gasteiger partial charge on any atom is -0.356 e. The molecule has 0 atom stereocenters. The van der Waals surface area contributed by atoms with E-state index >= 15 is 0 Å². The van der Waals surface area contributed by atoms with E-state index in [4.69, 9.17) is 0 Å². The third-order valence-electron chi connectivity index (χ3n) is 2.95. The van der Waals surface area contributed by atoms with E-state index in [0.29, 0.717) is 11.9 Å². The van der Waals surface area contributed by atoms with Gasteiger partial charge in [0.25, 0.3) is 0 Å². The van der Waals surface area contributed by atoms with Crippen LogP contribution in [-0.2, 0) is 11.2 Å². The zero-order valence-electron chi connectivity index (χ0n) is 14.0. The SMILES string of the molecule is CC(C)CNC(=NCC(=O)N(C)C)NCCc1ccccn1. The number of amides is 1. The molecule has 2 N–H and O–H groups in total. The summed E-state index contributed by atoms with van der Waals surface area (Å²) in [4.78, 5) is 21.8. The monoisotopic (exact) mass is 305 g/mol. The number of hydrogen-bond acceptors (Lipinski definition) is 3. The van der Waals surface area contributed by atoms with E-state index in [9.17, 15) is 4.79 Å². The minimum atomic E-state index is -0.0182. The summed E-state index contributed by atoms with van der Waals surface area (Å²) in [7, 11) is 3.46. The molecule has 1 heterocycles. The minimum absolute atomic E-state index is 0.0182.